The number of allylic oxidation sites excluding steroid dienone is 1. The van der Waals surface area contributed by atoms with Crippen molar-refractivity contribution in [3.63, 3.8) is 0 Å². The number of nitrogens with zero attached hydrogens (tertiary/aromatic N) is 1. The Hall–Kier alpha value is -2.53. The van der Waals surface area contributed by atoms with E-state index in [1.165, 1.54) is 4.31 Å². The normalized spacial score (nSPS) is 17.1. The Morgan fingerprint density at radius 2 is 1.88 bits per heavy atom. The van der Waals surface area contributed by atoms with Crippen LogP contribution in [-0.2, 0) is 16.4 Å². The highest BCUT2D eigenvalue weighted by molar-refractivity contribution is 7.89. The zero-order chi connectivity index (χ0) is 18.7. The topological polar surface area (TPSA) is 46.6 Å². The summed E-state index contributed by atoms with van der Waals surface area (Å²) in [6.07, 6.45) is 4.13. The lowest BCUT2D eigenvalue weighted by Crippen LogP contribution is -2.27. The van der Waals surface area contributed by atoms with Gasteiger partial charge in [0.05, 0.1) is 12.0 Å². The maximum atomic E-state index is 13.0. The van der Waals surface area contributed by atoms with Crippen molar-refractivity contribution in [1.29, 1.82) is 0 Å². The molecule has 0 aromatic heterocycles. The second kappa shape index (κ2) is 7.38. The van der Waals surface area contributed by atoms with E-state index in [1.807, 2.05) is 43.3 Å². The number of hydrogen-bond acceptors (Lipinski definition) is 3. The fourth-order valence-corrected chi connectivity index (χ4v) is 4.59. The van der Waals surface area contributed by atoms with Crippen molar-refractivity contribution in [1.82, 2.24) is 4.31 Å². The van der Waals surface area contributed by atoms with Gasteiger partial charge in [0.2, 0.25) is 0 Å². The Labute approximate surface area is 155 Å². The molecule has 0 bridgehead atoms. The first-order valence-corrected chi connectivity index (χ1v) is 9.94. The Kier molecular flexibility index (Phi) is 5.18. The highest BCUT2D eigenvalue weighted by Crippen LogP contribution is 2.32. The summed E-state index contributed by atoms with van der Waals surface area (Å²) in [7, 11) is -1.92. The molecule has 4 nitrogen and oxygen atoms in total. The van der Waals surface area contributed by atoms with Gasteiger partial charge in [-0.15, -0.1) is 0 Å². The molecule has 136 valence electrons. The van der Waals surface area contributed by atoms with Gasteiger partial charge < -0.3 is 4.74 Å². The number of para-hydroxylation sites is 1. The first kappa shape index (κ1) is 18.3. The molecule has 3 rings (SSSR count). The van der Waals surface area contributed by atoms with Crippen LogP contribution in [0.25, 0.3) is 0 Å². The van der Waals surface area contributed by atoms with E-state index in [0.717, 1.165) is 22.4 Å². The van der Waals surface area contributed by atoms with Crippen LogP contribution in [0.4, 0.5) is 0 Å². The van der Waals surface area contributed by atoms with Gasteiger partial charge in [0.1, 0.15) is 5.75 Å². The van der Waals surface area contributed by atoms with Crippen LogP contribution in [-0.4, -0.2) is 26.4 Å². The van der Waals surface area contributed by atoms with Gasteiger partial charge in [-0.05, 0) is 42.7 Å². The van der Waals surface area contributed by atoms with Crippen molar-refractivity contribution in [2.75, 3.05) is 13.7 Å². The third-order valence-corrected chi connectivity index (χ3v) is 6.43. The van der Waals surface area contributed by atoms with E-state index in [1.54, 1.807) is 31.5 Å². The van der Waals surface area contributed by atoms with E-state index in [-0.39, 0.29) is 5.92 Å². The molecule has 0 amide bonds. The fraction of sp³-hybridized carbons (Fsp3) is 0.238. The fourth-order valence-electron chi connectivity index (χ4n) is 3.20. The lowest BCUT2D eigenvalue weighted by molar-refractivity contribution is 0.405. The molecule has 26 heavy (non-hydrogen) atoms. The minimum absolute atomic E-state index is 0.0454. The lowest BCUT2D eigenvalue weighted by Gasteiger charge is -2.19. The van der Waals surface area contributed by atoms with Gasteiger partial charge in [0, 0.05) is 18.7 Å². The Balaban J connectivity index is 1.86. The molecule has 5 heteroatoms. The molecule has 0 radical (unpaired) electrons. The largest absolute Gasteiger partial charge is 0.496 e. The van der Waals surface area contributed by atoms with Crippen LogP contribution >= 0.6 is 0 Å². The van der Waals surface area contributed by atoms with Crippen LogP contribution in [0.5, 0.6) is 5.75 Å². The van der Waals surface area contributed by atoms with E-state index in [4.69, 9.17) is 4.74 Å². The molecule has 0 spiro atoms. The predicted molar refractivity (Wildman–Crippen MR) is 104 cm³/mol. The molecule has 0 saturated carbocycles. The molecule has 1 unspecified atom stereocenters. The summed E-state index contributed by atoms with van der Waals surface area (Å²) in [5.74, 6) is 0.861. The van der Waals surface area contributed by atoms with Gasteiger partial charge in [-0.25, -0.2) is 8.42 Å². The average molecular weight is 369 g/mol. The summed E-state index contributed by atoms with van der Waals surface area (Å²) >= 11 is 0. The molecule has 2 aromatic rings. The highest BCUT2D eigenvalue weighted by Gasteiger charge is 2.31. The van der Waals surface area contributed by atoms with E-state index in [0.29, 0.717) is 17.9 Å². The molecule has 0 aliphatic carbocycles. The average Bonchev–Trinajstić information content (AvgIpc) is 3.06. The van der Waals surface area contributed by atoms with Gasteiger partial charge in [-0.2, -0.15) is 0 Å². The first-order chi connectivity index (χ1) is 12.5. The summed E-state index contributed by atoms with van der Waals surface area (Å²) in [5.41, 5.74) is 3.01. The number of hydrogen-bond donors (Lipinski definition) is 0. The van der Waals surface area contributed by atoms with Crippen LogP contribution in [0.2, 0.25) is 0 Å². The van der Waals surface area contributed by atoms with Gasteiger partial charge in [-0.3, -0.25) is 4.31 Å². The summed E-state index contributed by atoms with van der Waals surface area (Å²) in [6, 6.07) is 14.7. The number of rotatable bonds is 6. The van der Waals surface area contributed by atoms with Crippen molar-refractivity contribution in [3.8, 4) is 5.75 Å². The maximum Gasteiger partial charge on any atom is 0.263 e. The van der Waals surface area contributed by atoms with Crippen molar-refractivity contribution >= 4 is 10.0 Å². The molecule has 0 fully saturated rings. The third kappa shape index (κ3) is 3.53. The number of aryl methyl sites for hydroxylation is 1. The van der Waals surface area contributed by atoms with Crippen molar-refractivity contribution in [2.45, 2.75) is 18.2 Å². The smallest absolute Gasteiger partial charge is 0.263 e. The van der Waals surface area contributed by atoms with E-state index >= 15 is 0 Å². The monoisotopic (exact) mass is 369 g/mol. The summed E-state index contributed by atoms with van der Waals surface area (Å²) in [4.78, 5) is 0.306. The summed E-state index contributed by atoms with van der Waals surface area (Å²) in [5, 5.41) is 0. The number of methoxy groups -OCH3 is 1. The zero-order valence-corrected chi connectivity index (χ0v) is 15.9. The lowest BCUT2D eigenvalue weighted by atomic mass is 9.94. The Morgan fingerprint density at radius 1 is 1.19 bits per heavy atom. The molecule has 1 aliphatic heterocycles. The molecule has 1 aliphatic rings. The molecule has 1 atom stereocenters. The molecule has 0 N–H and O–H groups in total. The molecule has 1 heterocycles. The minimum atomic E-state index is -3.56. The first-order valence-electron chi connectivity index (χ1n) is 8.50. The van der Waals surface area contributed by atoms with Gasteiger partial charge in [0.15, 0.2) is 0 Å². The number of sulfonamides is 1. The second-order valence-electron chi connectivity index (χ2n) is 6.43. The van der Waals surface area contributed by atoms with Crippen molar-refractivity contribution < 1.29 is 13.2 Å². The van der Waals surface area contributed by atoms with E-state index in [2.05, 4.69) is 6.58 Å². The van der Waals surface area contributed by atoms with Crippen LogP contribution < -0.4 is 4.74 Å². The van der Waals surface area contributed by atoms with Crippen LogP contribution in [0.15, 0.2) is 77.9 Å². The van der Waals surface area contributed by atoms with E-state index in [9.17, 15) is 8.42 Å². The van der Waals surface area contributed by atoms with Gasteiger partial charge in [-0.1, -0.05) is 48.6 Å². The van der Waals surface area contributed by atoms with Crippen LogP contribution in [0, 0.1) is 12.8 Å². The molecule has 0 saturated heterocycles. The van der Waals surface area contributed by atoms with E-state index < -0.39 is 10.0 Å². The predicted octanol–water partition coefficient (Wildman–Crippen LogP) is 3.94. The molecule has 2 aromatic carbocycles. The second-order valence-corrected chi connectivity index (χ2v) is 8.32. The van der Waals surface area contributed by atoms with Crippen molar-refractivity contribution in [3.05, 3.63) is 84.1 Å². The Morgan fingerprint density at radius 3 is 2.54 bits per heavy atom. The van der Waals surface area contributed by atoms with Gasteiger partial charge in [0.25, 0.3) is 10.0 Å². The minimum Gasteiger partial charge on any atom is -0.496 e. The van der Waals surface area contributed by atoms with Crippen LogP contribution in [0.3, 0.4) is 0 Å². The zero-order valence-electron chi connectivity index (χ0n) is 15.1. The van der Waals surface area contributed by atoms with Crippen molar-refractivity contribution in [2.24, 2.45) is 5.92 Å². The summed E-state index contributed by atoms with van der Waals surface area (Å²) < 4.78 is 32.7. The Bertz CT molecular complexity index is 930. The van der Waals surface area contributed by atoms with Crippen LogP contribution in [0.1, 0.15) is 11.1 Å². The number of benzene rings is 2. The molecular weight excluding hydrogens is 346 g/mol. The highest BCUT2D eigenvalue weighted by atomic mass is 32.2. The molecular formula is C21H23NO3S. The number of ether oxygens (including phenoxy) is 1. The standard InChI is InChI=1S/C21H23NO3S/c1-4-17-14-22(26(23,24)20-11-9-16(2)10-12-20)15-19(17)13-18-7-5-6-8-21(18)25-3/h4-12,14,19H,1,13,15H2,2-3H3. The third-order valence-electron chi connectivity index (χ3n) is 4.69. The summed E-state index contributed by atoms with van der Waals surface area (Å²) in [6.45, 7) is 6.19. The quantitative estimate of drug-likeness (QED) is 0.775. The SMILES string of the molecule is C=CC1=CN(S(=O)(=O)c2ccc(C)cc2)CC1Cc1ccccc1OC. The maximum absolute atomic E-state index is 13.0. The van der Waals surface area contributed by atoms with Gasteiger partial charge >= 0.3 is 0 Å².